The molecular weight excluding hydrogens is 384 g/mol. The van der Waals surface area contributed by atoms with Crippen molar-refractivity contribution in [2.75, 3.05) is 20.1 Å². The molecule has 1 saturated heterocycles. The third-order valence-electron chi connectivity index (χ3n) is 7.24. The maximum absolute atomic E-state index is 12.5. The number of likely N-dealkylation sites (N-methyl/N-ethyl adjacent to an activating group) is 1. The van der Waals surface area contributed by atoms with Crippen LogP contribution in [0.5, 0.6) is 0 Å². The molecule has 162 valence electrons. The van der Waals surface area contributed by atoms with Gasteiger partial charge in [-0.15, -0.1) is 0 Å². The molecular formula is C26H32N4O. The van der Waals surface area contributed by atoms with Gasteiger partial charge in [-0.05, 0) is 66.1 Å². The number of nitrogens with zero attached hydrogens (tertiary/aromatic N) is 2. The Kier molecular flexibility index (Phi) is 4.89. The first-order chi connectivity index (χ1) is 14.8. The number of nitrogens with one attached hydrogen (secondary N) is 2. The molecule has 5 nitrogen and oxygen atoms in total. The van der Waals surface area contributed by atoms with Crippen LogP contribution in [0.2, 0.25) is 0 Å². The van der Waals surface area contributed by atoms with E-state index in [4.69, 9.17) is 0 Å². The summed E-state index contributed by atoms with van der Waals surface area (Å²) in [7, 11) is 2.25. The number of likely N-dealkylation sites (tertiary alicyclic amines) is 1. The summed E-state index contributed by atoms with van der Waals surface area (Å²) in [5, 5.41) is 4.59. The van der Waals surface area contributed by atoms with Crippen LogP contribution >= 0.6 is 0 Å². The maximum atomic E-state index is 12.5. The Morgan fingerprint density at radius 2 is 2.03 bits per heavy atom. The largest absolute Gasteiger partial charge is 0.361 e. The van der Waals surface area contributed by atoms with Crippen LogP contribution in [0.1, 0.15) is 60.2 Å². The molecule has 31 heavy (non-hydrogen) atoms. The van der Waals surface area contributed by atoms with E-state index in [1.54, 1.807) is 24.5 Å². The molecule has 5 rings (SSSR count). The summed E-state index contributed by atoms with van der Waals surface area (Å²) in [5.41, 5.74) is 6.38. The lowest BCUT2D eigenvalue weighted by atomic mass is 9.71. The Morgan fingerprint density at radius 1 is 1.26 bits per heavy atom. The van der Waals surface area contributed by atoms with Crippen LogP contribution in [0.3, 0.4) is 0 Å². The minimum absolute atomic E-state index is 0.0131. The number of aromatic amines is 1. The van der Waals surface area contributed by atoms with Crippen molar-refractivity contribution < 1.29 is 4.79 Å². The molecule has 0 saturated carbocycles. The number of piperidine rings is 1. The van der Waals surface area contributed by atoms with Crippen molar-refractivity contribution in [3.05, 3.63) is 65.1 Å². The van der Waals surface area contributed by atoms with E-state index in [1.165, 1.54) is 27.6 Å². The zero-order valence-electron chi connectivity index (χ0n) is 18.9. The first-order valence-corrected chi connectivity index (χ1v) is 11.3. The van der Waals surface area contributed by atoms with Crippen LogP contribution < -0.4 is 5.32 Å². The Labute approximate surface area is 184 Å². The van der Waals surface area contributed by atoms with Gasteiger partial charge in [0.15, 0.2) is 0 Å². The summed E-state index contributed by atoms with van der Waals surface area (Å²) in [6, 6.07) is 8.85. The van der Waals surface area contributed by atoms with E-state index >= 15 is 0 Å². The predicted octanol–water partition coefficient (Wildman–Crippen LogP) is 4.25. The van der Waals surface area contributed by atoms with E-state index in [-0.39, 0.29) is 11.3 Å². The van der Waals surface area contributed by atoms with Crippen molar-refractivity contribution in [1.29, 1.82) is 0 Å². The lowest BCUT2D eigenvalue weighted by Gasteiger charge is -2.46. The van der Waals surface area contributed by atoms with E-state index in [2.05, 4.69) is 66.3 Å². The number of carbonyl (C=O) groups is 1. The molecule has 1 fully saturated rings. The minimum atomic E-state index is -0.0131. The number of benzene rings is 1. The average Bonchev–Trinajstić information content (AvgIpc) is 3.16. The van der Waals surface area contributed by atoms with Gasteiger partial charge in [0, 0.05) is 60.1 Å². The Hall–Kier alpha value is -2.66. The van der Waals surface area contributed by atoms with Crippen molar-refractivity contribution in [2.45, 2.75) is 51.0 Å². The van der Waals surface area contributed by atoms with E-state index in [0.29, 0.717) is 30.0 Å². The van der Waals surface area contributed by atoms with Crippen molar-refractivity contribution in [2.24, 2.45) is 5.92 Å². The fourth-order valence-electron chi connectivity index (χ4n) is 5.55. The summed E-state index contributed by atoms with van der Waals surface area (Å²) in [6.07, 6.45) is 7.75. The second-order valence-corrected chi connectivity index (χ2v) is 10.4. The van der Waals surface area contributed by atoms with Crippen molar-refractivity contribution >= 4 is 16.8 Å². The molecule has 3 heterocycles. The summed E-state index contributed by atoms with van der Waals surface area (Å²) in [5.74, 6) is 0.918. The second-order valence-electron chi connectivity index (χ2n) is 10.4. The molecule has 1 aliphatic carbocycles. The maximum Gasteiger partial charge on any atom is 0.251 e. The van der Waals surface area contributed by atoms with Crippen molar-refractivity contribution in [1.82, 2.24) is 20.2 Å². The fraction of sp³-hybridized carbons (Fsp3) is 0.462. The molecule has 1 aromatic carbocycles. The Bertz CT molecular complexity index is 1110. The summed E-state index contributed by atoms with van der Waals surface area (Å²) >= 11 is 0. The van der Waals surface area contributed by atoms with E-state index in [0.717, 1.165) is 19.4 Å². The third kappa shape index (κ3) is 3.65. The number of rotatable bonds is 3. The van der Waals surface area contributed by atoms with Gasteiger partial charge < -0.3 is 15.2 Å². The van der Waals surface area contributed by atoms with Crippen LogP contribution in [-0.2, 0) is 11.8 Å². The number of aromatic nitrogens is 2. The van der Waals surface area contributed by atoms with Gasteiger partial charge in [-0.2, -0.15) is 0 Å². The highest BCUT2D eigenvalue weighted by atomic mass is 16.1. The molecule has 1 amide bonds. The molecule has 3 atom stereocenters. The van der Waals surface area contributed by atoms with Gasteiger partial charge in [0.2, 0.25) is 0 Å². The Morgan fingerprint density at radius 3 is 2.77 bits per heavy atom. The Balaban J connectivity index is 1.42. The quantitative estimate of drug-likeness (QED) is 0.671. The minimum Gasteiger partial charge on any atom is -0.361 e. The standard InChI is InChI=1S/C26H32N4O/c1-26(2,3)19-11-21-20-9-16(13-29-25(31)17-5-7-27-8-6-17)15-30(4)23(20)10-18-14-28-22(12-19)24(18)21/h5-8,11-12,14,16,20,23,28H,9-10,13,15H2,1-4H3,(H,29,31)/t16-,20+,23+/m0/s1. The normalized spacial score (nSPS) is 23.5. The third-order valence-corrected chi connectivity index (χ3v) is 7.24. The van der Waals surface area contributed by atoms with Gasteiger partial charge in [0.1, 0.15) is 0 Å². The van der Waals surface area contributed by atoms with E-state index < -0.39 is 0 Å². The first kappa shape index (κ1) is 20.3. The monoisotopic (exact) mass is 416 g/mol. The predicted molar refractivity (Wildman–Crippen MR) is 125 cm³/mol. The SMILES string of the molecule is CN1C[C@H](CNC(=O)c2ccncc2)C[C@@H]2c3cc(C(C)(C)C)cc4[nH]cc(c34)C[C@H]21. The molecule has 5 heteroatoms. The highest BCUT2D eigenvalue weighted by Crippen LogP contribution is 2.45. The van der Waals surface area contributed by atoms with Crippen LogP contribution in [0.15, 0.2) is 42.9 Å². The number of hydrogen-bond acceptors (Lipinski definition) is 3. The molecule has 0 unspecified atom stereocenters. The zero-order valence-corrected chi connectivity index (χ0v) is 18.9. The summed E-state index contributed by atoms with van der Waals surface area (Å²) in [6.45, 7) is 8.58. The smallest absolute Gasteiger partial charge is 0.251 e. The zero-order chi connectivity index (χ0) is 21.8. The molecule has 0 radical (unpaired) electrons. The van der Waals surface area contributed by atoms with Gasteiger partial charge in [-0.3, -0.25) is 9.78 Å². The molecule has 0 spiro atoms. The summed E-state index contributed by atoms with van der Waals surface area (Å²) in [4.78, 5) is 22.6. The lowest BCUT2D eigenvalue weighted by molar-refractivity contribution is 0.0891. The van der Waals surface area contributed by atoms with Gasteiger partial charge in [0.25, 0.3) is 5.91 Å². The second kappa shape index (κ2) is 7.49. The van der Waals surface area contributed by atoms with Crippen LogP contribution in [0, 0.1) is 5.92 Å². The highest BCUT2D eigenvalue weighted by molar-refractivity contribution is 5.94. The van der Waals surface area contributed by atoms with E-state index in [9.17, 15) is 4.79 Å². The average molecular weight is 417 g/mol. The topological polar surface area (TPSA) is 61.0 Å². The molecule has 0 bridgehead atoms. The number of amides is 1. The summed E-state index contributed by atoms with van der Waals surface area (Å²) < 4.78 is 0. The van der Waals surface area contributed by atoms with Crippen LogP contribution in [-0.4, -0.2) is 47.0 Å². The van der Waals surface area contributed by atoms with Gasteiger partial charge in [-0.25, -0.2) is 0 Å². The molecule has 2 N–H and O–H groups in total. The molecule has 1 aliphatic heterocycles. The van der Waals surface area contributed by atoms with Crippen LogP contribution in [0.25, 0.3) is 10.9 Å². The number of carbonyl (C=O) groups excluding carboxylic acids is 1. The number of H-pyrrole nitrogens is 1. The lowest BCUT2D eigenvalue weighted by Crippen LogP contribution is -2.50. The van der Waals surface area contributed by atoms with E-state index in [1.807, 2.05) is 0 Å². The number of pyridine rings is 1. The first-order valence-electron chi connectivity index (χ1n) is 11.3. The van der Waals surface area contributed by atoms with Gasteiger partial charge in [0.05, 0.1) is 0 Å². The van der Waals surface area contributed by atoms with Crippen LogP contribution in [0.4, 0.5) is 0 Å². The highest BCUT2D eigenvalue weighted by Gasteiger charge is 2.40. The molecule has 2 aliphatic rings. The van der Waals surface area contributed by atoms with Crippen molar-refractivity contribution in [3.8, 4) is 0 Å². The fourth-order valence-corrected chi connectivity index (χ4v) is 5.55. The van der Waals surface area contributed by atoms with Gasteiger partial charge >= 0.3 is 0 Å². The van der Waals surface area contributed by atoms with Crippen molar-refractivity contribution in [3.63, 3.8) is 0 Å². The number of fused-ring (bicyclic) bond motifs is 2. The molecule has 3 aromatic rings. The van der Waals surface area contributed by atoms with Gasteiger partial charge in [-0.1, -0.05) is 26.8 Å². The molecule has 2 aromatic heterocycles. The number of hydrogen-bond donors (Lipinski definition) is 2.